The molecule has 0 aliphatic carbocycles. The van der Waals surface area contributed by atoms with Gasteiger partial charge in [0, 0.05) is 43.4 Å². The zero-order valence-electron chi connectivity index (χ0n) is 27.8. The lowest BCUT2D eigenvalue weighted by molar-refractivity contribution is 1.20. The largest absolute Gasteiger partial charge is 0.308 e. The van der Waals surface area contributed by atoms with Gasteiger partial charge in [0.2, 0.25) is 0 Å². The molecule has 5 aromatic heterocycles. The molecule has 12 rings (SSSR count). The molecule has 5 heterocycles. The van der Waals surface area contributed by atoms with Crippen LogP contribution in [0.5, 0.6) is 0 Å². The Hall–Kier alpha value is -7.11. The summed E-state index contributed by atoms with van der Waals surface area (Å²) in [6.07, 6.45) is 0. The van der Waals surface area contributed by atoms with Crippen LogP contribution in [0.1, 0.15) is 0 Å². The summed E-state index contributed by atoms with van der Waals surface area (Å²) >= 11 is 0. The van der Waals surface area contributed by atoms with Crippen LogP contribution in [0.2, 0.25) is 0 Å². The van der Waals surface area contributed by atoms with Crippen LogP contribution in [0.3, 0.4) is 0 Å². The van der Waals surface area contributed by atoms with Crippen molar-refractivity contribution >= 4 is 76.6 Å². The third-order valence-corrected chi connectivity index (χ3v) is 10.8. The standard InChI is InChI=1S/C47H27N5/c1-3-13-28(14-4-1)30-23-24-41-38(27-30)48-47-35-20-8-7-19-34(35)43-45(52(41)47)42(29-15-5-2-6-16-29)49-46(50-43)31-25-36-32-17-9-11-21-39(32)51-40-22-12-10-18-33(40)37(26-31)44(36)51/h1-27H. The number of rotatable bonds is 3. The molecule has 0 radical (unpaired) electrons. The SMILES string of the molecule is c1ccc(-c2ccc3c(c2)nc2c4ccccc4c4nc(-c5cc6c7ccccc7n7c8ccccc8c(c5)c67)nc(-c5ccccc5)c4n32)cc1. The Morgan fingerprint density at radius 1 is 0.346 bits per heavy atom. The summed E-state index contributed by atoms with van der Waals surface area (Å²) in [6.45, 7) is 0. The van der Waals surface area contributed by atoms with E-state index in [2.05, 4.69) is 167 Å². The summed E-state index contributed by atoms with van der Waals surface area (Å²) in [6, 6.07) is 58.1. The van der Waals surface area contributed by atoms with E-state index in [0.717, 1.165) is 60.9 Å². The Bertz CT molecular complexity index is 3310. The van der Waals surface area contributed by atoms with Crippen LogP contribution in [0.15, 0.2) is 164 Å². The van der Waals surface area contributed by atoms with E-state index in [1.54, 1.807) is 0 Å². The Morgan fingerprint density at radius 3 is 1.63 bits per heavy atom. The first-order chi connectivity index (χ1) is 25.8. The molecule has 240 valence electrons. The summed E-state index contributed by atoms with van der Waals surface area (Å²) in [5.41, 5.74) is 13.6. The van der Waals surface area contributed by atoms with Crippen LogP contribution in [-0.2, 0) is 0 Å². The van der Waals surface area contributed by atoms with Crippen LogP contribution in [0.4, 0.5) is 0 Å². The average molecular weight is 662 g/mol. The Morgan fingerprint density at radius 2 is 0.942 bits per heavy atom. The Balaban J connectivity index is 1.23. The summed E-state index contributed by atoms with van der Waals surface area (Å²) in [7, 11) is 0. The molecule has 12 aromatic rings. The molecule has 0 saturated heterocycles. The Labute approximate surface area is 297 Å². The predicted octanol–water partition coefficient (Wildman–Crippen LogP) is 11.7. The number of nitrogens with zero attached hydrogens (tertiary/aromatic N) is 5. The van der Waals surface area contributed by atoms with Gasteiger partial charge in [-0.05, 0) is 47.5 Å². The van der Waals surface area contributed by atoms with Crippen LogP contribution >= 0.6 is 0 Å². The van der Waals surface area contributed by atoms with Crippen molar-refractivity contribution in [3.63, 3.8) is 0 Å². The highest BCUT2D eigenvalue weighted by Crippen LogP contribution is 2.43. The van der Waals surface area contributed by atoms with Gasteiger partial charge in [0.1, 0.15) is 11.2 Å². The lowest BCUT2D eigenvalue weighted by Gasteiger charge is -2.14. The molecule has 0 aliphatic rings. The van der Waals surface area contributed by atoms with Gasteiger partial charge in [0.15, 0.2) is 5.82 Å². The molecule has 5 heteroatoms. The minimum atomic E-state index is 0.700. The summed E-state index contributed by atoms with van der Waals surface area (Å²) in [4.78, 5) is 16.3. The monoisotopic (exact) mass is 661 g/mol. The van der Waals surface area contributed by atoms with E-state index in [0.29, 0.717) is 5.82 Å². The van der Waals surface area contributed by atoms with Crippen molar-refractivity contribution in [3.8, 4) is 33.8 Å². The van der Waals surface area contributed by atoms with E-state index in [1.165, 1.54) is 43.7 Å². The third-order valence-electron chi connectivity index (χ3n) is 10.8. The zero-order valence-corrected chi connectivity index (χ0v) is 27.8. The van der Waals surface area contributed by atoms with E-state index in [4.69, 9.17) is 15.0 Å². The molecular formula is C47H27N5. The lowest BCUT2D eigenvalue weighted by Crippen LogP contribution is -2.01. The molecule has 7 aromatic carbocycles. The molecule has 0 N–H and O–H groups in total. The molecule has 5 nitrogen and oxygen atoms in total. The number of imidazole rings is 1. The van der Waals surface area contributed by atoms with Gasteiger partial charge in [-0.1, -0.05) is 127 Å². The van der Waals surface area contributed by atoms with Crippen LogP contribution in [0, 0.1) is 0 Å². The maximum atomic E-state index is 5.51. The highest BCUT2D eigenvalue weighted by molar-refractivity contribution is 6.24. The van der Waals surface area contributed by atoms with Crippen LogP contribution in [0.25, 0.3) is 110 Å². The molecule has 0 saturated carbocycles. The second kappa shape index (κ2) is 10.2. The molecule has 0 fully saturated rings. The van der Waals surface area contributed by atoms with Gasteiger partial charge in [-0.25, -0.2) is 15.0 Å². The molecule has 0 amide bonds. The number of para-hydroxylation sites is 2. The normalized spacial score (nSPS) is 12.2. The summed E-state index contributed by atoms with van der Waals surface area (Å²) in [5, 5.41) is 6.98. The summed E-state index contributed by atoms with van der Waals surface area (Å²) < 4.78 is 4.69. The van der Waals surface area contributed by atoms with Crippen molar-refractivity contribution in [2.45, 2.75) is 0 Å². The minimum absolute atomic E-state index is 0.700. The van der Waals surface area contributed by atoms with Gasteiger partial charge in [0.25, 0.3) is 0 Å². The molecule has 0 spiro atoms. The van der Waals surface area contributed by atoms with Crippen molar-refractivity contribution in [1.82, 2.24) is 23.8 Å². The van der Waals surface area contributed by atoms with Crippen molar-refractivity contribution in [1.29, 1.82) is 0 Å². The summed E-state index contributed by atoms with van der Waals surface area (Å²) in [5.74, 6) is 0.700. The first kappa shape index (κ1) is 27.7. The van der Waals surface area contributed by atoms with E-state index in [-0.39, 0.29) is 0 Å². The van der Waals surface area contributed by atoms with Crippen molar-refractivity contribution in [2.24, 2.45) is 0 Å². The van der Waals surface area contributed by atoms with E-state index < -0.39 is 0 Å². The van der Waals surface area contributed by atoms with Gasteiger partial charge >= 0.3 is 0 Å². The fourth-order valence-electron chi connectivity index (χ4n) is 8.54. The van der Waals surface area contributed by atoms with Crippen LogP contribution < -0.4 is 0 Å². The van der Waals surface area contributed by atoms with E-state index in [9.17, 15) is 0 Å². The lowest BCUT2D eigenvalue weighted by atomic mass is 10.0. The first-order valence-electron chi connectivity index (χ1n) is 17.6. The van der Waals surface area contributed by atoms with Gasteiger partial charge < -0.3 is 4.40 Å². The fourth-order valence-corrected chi connectivity index (χ4v) is 8.54. The number of aromatic nitrogens is 5. The number of fused-ring (bicyclic) bond motifs is 14. The van der Waals surface area contributed by atoms with Crippen molar-refractivity contribution < 1.29 is 0 Å². The van der Waals surface area contributed by atoms with Gasteiger partial charge in [-0.15, -0.1) is 0 Å². The zero-order chi connectivity index (χ0) is 33.9. The first-order valence-corrected chi connectivity index (χ1v) is 17.6. The predicted molar refractivity (Wildman–Crippen MR) is 214 cm³/mol. The number of benzene rings is 7. The molecule has 0 atom stereocenters. The number of hydrogen-bond donors (Lipinski definition) is 0. The van der Waals surface area contributed by atoms with Crippen molar-refractivity contribution in [2.75, 3.05) is 0 Å². The smallest absolute Gasteiger partial charge is 0.160 e. The molecular weight excluding hydrogens is 635 g/mol. The molecule has 0 bridgehead atoms. The number of pyridine rings is 1. The average Bonchev–Trinajstić information content (AvgIpc) is 3.88. The fraction of sp³-hybridized carbons (Fsp3) is 0. The van der Waals surface area contributed by atoms with Gasteiger partial charge in [0.05, 0.1) is 38.8 Å². The van der Waals surface area contributed by atoms with E-state index >= 15 is 0 Å². The van der Waals surface area contributed by atoms with E-state index in [1.807, 2.05) is 6.07 Å². The highest BCUT2D eigenvalue weighted by Gasteiger charge is 2.23. The maximum Gasteiger partial charge on any atom is 0.160 e. The van der Waals surface area contributed by atoms with Crippen LogP contribution in [-0.4, -0.2) is 23.8 Å². The molecule has 0 unspecified atom stereocenters. The Kier molecular flexibility index (Phi) is 5.44. The second-order valence-electron chi connectivity index (χ2n) is 13.6. The quantitative estimate of drug-likeness (QED) is 0.177. The molecule has 0 aliphatic heterocycles. The van der Waals surface area contributed by atoms with Gasteiger partial charge in [-0.2, -0.15) is 0 Å². The second-order valence-corrected chi connectivity index (χ2v) is 13.6. The third kappa shape index (κ3) is 3.69. The van der Waals surface area contributed by atoms with Crippen molar-refractivity contribution in [3.05, 3.63) is 164 Å². The van der Waals surface area contributed by atoms with Gasteiger partial charge in [-0.3, -0.25) is 4.40 Å². The highest BCUT2D eigenvalue weighted by atomic mass is 15.0. The minimum Gasteiger partial charge on any atom is -0.308 e. The maximum absolute atomic E-state index is 5.51. The molecule has 52 heavy (non-hydrogen) atoms. The topological polar surface area (TPSA) is 47.5 Å². The number of hydrogen-bond acceptors (Lipinski definition) is 3.